The van der Waals surface area contributed by atoms with E-state index in [2.05, 4.69) is 5.10 Å². The second-order valence-electron chi connectivity index (χ2n) is 5.51. The molecule has 1 aliphatic heterocycles. The fourth-order valence-electron chi connectivity index (χ4n) is 2.62. The Hall–Kier alpha value is -1.96. The maximum Gasteiger partial charge on any atom is 0.184 e. The number of carbonyl (C=O) groups excluding carboxylic acids is 1. The summed E-state index contributed by atoms with van der Waals surface area (Å²) >= 11 is 8.24. The predicted molar refractivity (Wildman–Crippen MR) is 103 cm³/mol. The number of carbonyl (C=O) groups is 1. The lowest BCUT2D eigenvalue weighted by Crippen LogP contribution is -2.03. The number of Topliss-reactive ketones (excluding diaryl/α,β-unsaturated/α-hetero) is 1. The number of benzene rings is 2. The summed E-state index contributed by atoms with van der Waals surface area (Å²) < 4.78 is 8.69. The molecule has 7 heteroatoms. The first-order chi connectivity index (χ1) is 12.2. The van der Waals surface area contributed by atoms with Gasteiger partial charge in [-0.1, -0.05) is 41.3 Å². The van der Waals surface area contributed by atoms with Gasteiger partial charge in [-0.2, -0.15) is 0 Å². The lowest BCUT2D eigenvalue weighted by Gasteiger charge is -2.03. The molecule has 0 atom stereocenters. The molecule has 2 aromatic carbocycles. The lowest BCUT2D eigenvalue weighted by atomic mass is 10.1. The van der Waals surface area contributed by atoms with Crippen LogP contribution in [0.4, 0.5) is 0 Å². The summed E-state index contributed by atoms with van der Waals surface area (Å²) in [5.41, 5.74) is 2.77. The van der Waals surface area contributed by atoms with Gasteiger partial charge >= 0.3 is 0 Å². The first-order valence-electron chi connectivity index (χ1n) is 7.78. The van der Waals surface area contributed by atoms with Crippen LogP contribution in [-0.4, -0.2) is 27.9 Å². The highest BCUT2D eigenvalue weighted by Gasteiger charge is 2.16. The number of fused-ring (bicyclic) bond motifs is 1. The van der Waals surface area contributed by atoms with Crippen LogP contribution < -0.4 is 4.74 Å². The van der Waals surface area contributed by atoms with Crippen molar-refractivity contribution in [3.63, 3.8) is 0 Å². The van der Waals surface area contributed by atoms with Gasteiger partial charge in [-0.05, 0) is 48.1 Å². The monoisotopic (exact) mass is 386 g/mol. The Morgan fingerprint density at radius 2 is 2.12 bits per heavy atom. The van der Waals surface area contributed by atoms with Gasteiger partial charge in [0, 0.05) is 12.0 Å². The van der Waals surface area contributed by atoms with Crippen LogP contribution in [0.2, 0.25) is 0 Å². The Balaban J connectivity index is 1.47. The molecular weight excluding hydrogens is 372 g/mol. The summed E-state index contributed by atoms with van der Waals surface area (Å²) in [5.74, 6) is 1.33. The zero-order chi connectivity index (χ0) is 17.2. The van der Waals surface area contributed by atoms with Crippen molar-refractivity contribution in [3.8, 4) is 11.4 Å². The molecule has 0 unspecified atom stereocenters. The number of nitrogens with zero attached hydrogens (tertiary/aromatic N) is 2. The number of para-hydroxylation sites is 1. The normalized spacial score (nSPS) is 12.6. The standard InChI is InChI=1S/C18H14N2O2S3/c21-15(12-6-7-16-13(10-12)8-9-22-16)11-24-17-19-20(18(23)25-17)14-4-2-1-3-5-14/h1-7,10H,8-9,11H2. The largest absolute Gasteiger partial charge is 0.493 e. The topological polar surface area (TPSA) is 44.1 Å². The molecule has 4 rings (SSSR count). The minimum absolute atomic E-state index is 0.0899. The SMILES string of the molecule is O=C(CSc1nn(-c2ccccc2)c(=S)s1)c1ccc2c(c1)CCO2. The van der Waals surface area contributed by atoms with Crippen LogP contribution in [0.5, 0.6) is 5.75 Å². The molecule has 0 saturated carbocycles. The van der Waals surface area contributed by atoms with Gasteiger partial charge in [0.05, 0.1) is 18.0 Å². The van der Waals surface area contributed by atoms with E-state index in [1.165, 1.54) is 23.1 Å². The third-order valence-electron chi connectivity index (χ3n) is 3.87. The summed E-state index contributed by atoms with van der Waals surface area (Å²) in [5, 5.41) is 4.53. The van der Waals surface area contributed by atoms with Crippen molar-refractivity contribution < 1.29 is 9.53 Å². The van der Waals surface area contributed by atoms with E-state index < -0.39 is 0 Å². The second-order valence-corrected chi connectivity index (χ2v) is 8.36. The number of ketones is 1. The van der Waals surface area contributed by atoms with Gasteiger partial charge in [0.1, 0.15) is 5.75 Å². The van der Waals surface area contributed by atoms with E-state index in [-0.39, 0.29) is 5.78 Å². The van der Waals surface area contributed by atoms with E-state index in [0.29, 0.717) is 16.3 Å². The molecule has 2 heterocycles. The van der Waals surface area contributed by atoms with Crippen LogP contribution in [-0.2, 0) is 6.42 Å². The molecule has 0 saturated heterocycles. The van der Waals surface area contributed by atoms with Crippen molar-refractivity contribution in [2.45, 2.75) is 10.8 Å². The summed E-state index contributed by atoms with van der Waals surface area (Å²) in [4.78, 5) is 12.5. The number of thioether (sulfide) groups is 1. The average Bonchev–Trinajstić information content (AvgIpc) is 3.26. The predicted octanol–water partition coefficient (Wildman–Crippen LogP) is 4.57. The molecule has 0 radical (unpaired) electrons. The molecule has 3 aromatic rings. The Bertz CT molecular complexity index is 979. The molecule has 4 nitrogen and oxygen atoms in total. The van der Waals surface area contributed by atoms with Gasteiger partial charge in [-0.15, -0.1) is 5.10 Å². The molecule has 0 N–H and O–H groups in total. The van der Waals surface area contributed by atoms with Crippen LogP contribution in [0.3, 0.4) is 0 Å². The van der Waals surface area contributed by atoms with Crippen LogP contribution in [0.1, 0.15) is 15.9 Å². The fourth-order valence-corrected chi connectivity index (χ4v) is 4.88. The Morgan fingerprint density at radius 3 is 2.96 bits per heavy atom. The van der Waals surface area contributed by atoms with Gasteiger partial charge in [0.2, 0.25) is 0 Å². The molecule has 0 fully saturated rings. The van der Waals surface area contributed by atoms with Crippen molar-refractivity contribution in [2.24, 2.45) is 0 Å². The quantitative estimate of drug-likeness (QED) is 0.365. The highest BCUT2D eigenvalue weighted by Crippen LogP contribution is 2.28. The fraction of sp³-hybridized carbons (Fsp3) is 0.167. The highest BCUT2D eigenvalue weighted by molar-refractivity contribution is 8.01. The summed E-state index contributed by atoms with van der Waals surface area (Å²) in [6.45, 7) is 0.696. The number of hydrogen-bond acceptors (Lipinski definition) is 6. The van der Waals surface area contributed by atoms with Crippen molar-refractivity contribution in [1.82, 2.24) is 9.78 Å². The smallest absolute Gasteiger partial charge is 0.184 e. The zero-order valence-electron chi connectivity index (χ0n) is 13.2. The molecule has 1 aromatic heterocycles. The maximum absolute atomic E-state index is 12.5. The van der Waals surface area contributed by atoms with E-state index >= 15 is 0 Å². The molecule has 0 aliphatic carbocycles. The number of ether oxygens (including phenoxy) is 1. The molecule has 0 spiro atoms. The molecule has 25 heavy (non-hydrogen) atoms. The Morgan fingerprint density at radius 1 is 1.28 bits per heavy atom. The van der Waals surface area contributed by atoms with E-state index in [0.717, 1.165) is 33.3 Å². The third-order valence-corrected chi connectivity index (χ3v) is 6.23. The highest BCUT2D eigenvalue weighted by atomic mass is 32.2. The number of aromatic nitrogens is 2. The summed E-state index contributed by atoms with van der Waals surface area (Å²) in [7, 11) is 0. The average molecular weight is 387 g/mol. The van der Waals surface area contributed by atoms with Crippen molar-refractivity contribution in [1.29, 1.82) is 0 Å². The first kappa shape index (κ1) is 16.5. The van der Waals surface area contributed by atoms with Crippen molar-refractivity contribution in [3.05, 3.63) is 63.6 Å². The minimum Gasteiger partial charge on any atom is -0.493 e. The van der Waals surface area contributed by atoms with E-state index in [4.69, 9.17) is 17.0 Å². The number of rotatable bonds is 5. The summed E-state index contributed by atoms with van der Waals surface area (Å²) in [6.07, 6.45) is 0.868. The first-order valence-corrected chi connectivity index (χ1v) is 9.99. The summed E-state index contributed by atoms with van der Waals surface area (Å²) in [6, 6.07) is 15.4. The van der Waals surface area contributed by atoms with Crippen LogP contribution in [0, 0.1) is 3.95 Å². The van der Waals surface area contributed by atoms with Gasteiger partial charge in [0.25, 0.3) is 0 Å². The van der Waals surface area contributed by atoms with Gasteiger partial charge in [0.15, 0.2) is 14.1 Å². The third kappa shape index (κ3) is 3.53. The van der Waals surface area contributed by atoms with E-state index in [1.54, 1.807) is 4.68 Å². The molecular formula is C18H14N2O2S3. The lowest BCUT2D eigenvalue weighted by molar-refractivity contribution is 0.102. The minimum atomic E-state index is 0.0899. The van der Waals surface area contributed by atoms with Crippen molar-refractivity contribution in [2.75, 3.05) is 12.4 Å². The molecule has 0 amide bonds. The van der Waals surface area contributed by atoms with E-state index in [9.17, 15) is 4.79 Å². The second kappa shape index (κ2) is 7.11. The zero-order valence-corrected chi connectivity index (χ0v) is 15.6. The van der Waals surface area contributed by atoms with Gasteiger partial charge in [-0.25, -0.2) is 4.68 Å². The van der Waals surface area contributed by atoms with Crippen LogP contribution in [0.25, 0.3) is 5.69 Å². The van der Waals surface area contributed by atoms with Gasteiger partial charge < -0.3 is 4.74 Å². The maximum atomic E-state index is 12.5. The van der Waals surface area contributed by atoms with Gasteiger partial charge in [-0.3, -0.25) is 4.79 Å². The van der Waals surface area contributed by atoms with Crippen LogP contribution in [0.15, 0.2) is 52.9 Å². The number of hydrogen-bond donors (Lipinski definition) is 0. The Kier molecular flexibility index (Phi) is 4.70. The molecule has 0 bridgehead atoms. The Labute approximate surface area is 158 Å². The van der Waals surface area contributed by atoms with E-state index in [1.807, 2.05) is 48.5 Å². The van der Waals surface area contributed by atoms with Crippen molar-refractivity contribution >= 4 is 41.1 Å². The van der Waals surface area contributed by atoms with Crippen LogP contribution >= 0.6 is 35.3 Å². The molecule has 126 valence electrons. The molecule has 1 aliphatic rings.